The summed E-state index contributed by atoms with van der Waals surface area (Å²) in [7, 11) is 0. The lowest BCUT2D eigenvalue weighted by molar-refractivity contribution is -0.383. The zero-order valence-corrected chi connectivity index (χ0v) is 24.8. The normalized spacial score (nSPS) is 11.8. The maximum atomic E-state index is 12.9. The zero-order chi connectivity index (χ0) is 35.1. The highest BCUT2D eigenvalue weighted by Gasteiger charge is 2.32. The van der Waals surface area contributed by atoms with Gasteiger partial charge >= 0.3 is 12.4 Å². The molecule has 0 bridgehead atoms. The molecule has 2 heterocycles. The number of nitrogen functional groups attached to an aromatic ring is 1. The summed E-state index contributed by atoms with van der Waals surface area (Å²) >= 11 is 0. The Hall–Kier alpha value is -6.06. The maximum Gasteiger partial charge on any atom is 0.416 e. The summed E-state index contributed by atoms with van der Waals surface area (Å²) in [6.07, 6.45) is -9.07. The summed E-state index contributed by atoms with van der Waals surface area (Å²) < 4.78 is 79.5. The maximum absolute atomic E-state index is 12.9. The topological polar surface area (TPSA) is 139 Å². The number of fused-ring (bicyclic) bond motifs is 2. The minimum Gasteiger partial charge on any atom is -0.398 e. The Bertz CT molecular complexity index is 2350. The van der Waals surface area contributed by atoms with Gasteiger partial charge in [0, 0.05) is 11.8 Å². The second-order valence-electron chi connectivity index (χ2n) is 10.4. The minimum absolute atomic E-state index is 0.0649. The van der Waals surface area contributed by atoms with E-state index in [0.29, 0.717) is 5.52 Å². The number of benzene rings is 4. The van der Waals surface area contributed by atoms with Gasteiger partial charge in [-0.25, -0.2) is 9.97 Å². The molecule has 0 amide bonds. The number of nitro benzene ring substituents is 1. The van der Waals surface area contributed by atoms with Crippen molar-refractivity contribution in [3.8, 4) is 11.4 Å². The molecule has 10 nitrogen and oxygen atoms in total. The van der Waals surface area contributed by atoms with Gasteiger partial charge in [0.25, 0.3) is 16.8 Å². The zero-order valence-electron chi connectivity index (χ0n) is 24.8. The molecule has 246 valence electrons. The Labute approximate surface area is 265 Å². The summed E-state index contributed by atoms with van der Waals surface area (Å²) in [5, 5.41) is 11.1. The molecule has 0 fully saturated rings. The molecule has 0 radical (unpaired) electrons. The van der Waals surface area contributed by atoms with Gasteiger partial charge in [-0.1, -0.05) is 24.3 Å². The number of anilines is 1. The molecule has 48 heavy (non-hydrogen) atoms. The summed E-state index contributed by atoms with van der Waals surface area (Å²) in [6, 6.07) is 17.5. The third-order valence-corrected chi connectivity index (χ3v) is 7.20. The average molecular weight is 669 g/mol. The molecular weight excluding hydrogens is 646 g/mol. The van der Waals surface area contributed by atoms with Crippen molar-refractivity contribution < 1.29 is 31.3 Å². The van der Waals surface area contributed by atoms with E-state index in [1.54, 1.807) is 25.1 Å². The fraction of sp³-hybridized carbons (Fsp3) is 0.125. The Morgan fingerprint density at radius 1 is 0.667 bits per heavy atom. The van der Waals surface area contributed by atoms with Crippen molar-refractivity contribution in [1.29, 1.82) is 0 Å². The van der Waals surface area contributed by atoms with Gasteiger partial charge in [0.2, 0.25) is 0 Å². The number of alkyl halides is 6. The number of hydrogen-bond acceptors (Lipinski definition) is 7. The molecule has 0 saturated carbocycles. The predicted octanol–water partition coefficient (Wildman–Crippen LogP) is 6.92. The molecule has 6 aromatic rings. The first-order chi connectivity index (χ1) is 22.5. The van der Waals surface area contributed by atoms with Crippen LogP contribution in [0.5, 0.6) is 0 Å². The van der Waals surface area contributed by atoms with Crippen LogP contribution < -0.4 is 16.9 Å². The minimum atomic E-state index is -4.58. The lowest BCUT2D eigenvalue weighted by atomic mass is 10.1. The number of halogens is 6. The van der Waals surface area contributed by atoms with Crippen molar-refractivity contribution >= 4 is 33.2 Å². The molecule has 0 atom stereocenters. The van der Waals surface area contributed by atoms with Crippen molar-refractivity contribution in [3.05, 3.63) is 139 Å². The summed E-state index contributed by atoms with van der Waals surface area (Å²) in [5.41, 5.74) is 3.11. The molecule has 0 aliphatic rings. The first-order valence-electron chi connectivity index (χ1n) is 13.8. The van der Waals surface area contributed by atoms with Crippen LogP contribution in [0.3, 0.4) is 0 Å². The first kappa shape index (κ1) is 33.3. The van der Waals surface area contributed by atoms with Gasteiger partial charge in [-0.2, -0.15) is 26.3 Å². The van der Waals surface area contributed by atoms with Crippen LogP contribution in [0.2, 0.25) is 0 Å². The molecule has 0 spiro atoms. The lowest BCUT2D eigenvalue weighted by Gasteiger charge is -2.14. The molecule has 0 unspecified atom stereocenters. The van der Waals surface area contributed by atoms with E-state index in [1.165, 1.54) is 37.3 Å². The van der Waals surface area contributed by atoms with E-state index in [9.17, 15) is 46.0 Å². The van der Waals surface area contributed by atoms with Crippen LogP contribution in [-0.2, 0) is 12.4 Å². The number of nitrogens with two attached hydrogens (primary N) is 1. The van der Waals surface area contributed by atoms with Crippen LogP contribution >= 0.6 is 0 Å². The van der Waals surface area contributed by atoms with Crippen LogP contribution in [0.1, 0.15) is 22.8 Å². The SMILES string of the molecule is Cc1nc2cccc(N)c2c(=O)n1-c1cccc(C(F)(F)F)c1.Cc1nc2cccc([N+](=O)[O-])c2c(=O)n1-c1cccc(C(F)(F)F)c1. The Morgan fingerprint density at radius 2 is 1.08 bits per heavy atom. The van der Waals surface area contributed by atoms with Gasteiger partial charge in [0.05, 0.1) is 43.8 Å². The van der Waals surface area contributed by atoms with Crippen LogP contribution in [-0.4, -0.2) is 24.0 Å². The van der Waals surface area contributed by atoms with Gasteiger partial charge in [0.1, 0.15) is 17.0 Å². The second kappa shape index (κ2) is 12.3. The Kier molecular flexibility index (Phi) is 8.52. The number of nitro groups is 1. The van der Waals surface area contributed by atoms with E-state index in [4.69, 9.17) is 5.73 Å². The number of rotatable bonds is 3. The van der Waals surface area contributed by atoms with Crippen LogP contribution in [0, 0.1) is 24.0 Å². The summed E-state index contributed by atoms with van der Waals surface area (Å²) in [5.74, 6) is 0.407. The van der Waals surface area contributed by atoms with E-state index in [2.05, 4.69) is 9.97 Å². The quantitative estimate of drug-likeness (QED) is 0.0935. The largest absolute Gasteiger partial charge is 0.416 e. The van der Waals surface area contributed by atoms with E-state index < -0.39 is 45.2 Å². The monoisotopic (exact) mass is 668 g/mol. The molecule has 6 rings (SSSR count). The van der Waals surface area contributed by atoms with Crippen LogP contribution in [0.4, 0.5) is 37.7 Å². The van der Waals surface area contributed by atoms with E-state index >= 15 is 0 Å². The average Bonchev–Trinajstić information content (AvgIpc) is 3.00. The van der Waals surface area contributed by atoms with Gasteiger partial charge in [-0.05, 0) is 68.4 Å². The smallest absolute Gasteiger partial charge is 0.398 e. The van der Waals surface area contributed by atoms with Crippen molar-refractivity contribution in [1.82, 2.24) is 19.1 Å². The third kappa shape index (κ3) is 6.31. The highest BCUT2D eigenvalue weighted by Crippen LogP contribution is 2.32. The van der Waals surface area contributed by atoms with Crippen molar-refractivity contribution in [2.24, 2.45) is 0 Å². The molecular formula is C32H22F6N6O4. The molecule has 16 heteroatoms. The van der Waals surface area contributed by atoms with Gasteiger partial charge in [0.15, 0.2) is 0 Å². The summed E-state index contributed by atoms with van der Waals surface area (Å²) in [4.78, 5) is 44.3. The Balaban J connectivity index is 0.000000188. The van der Waals surface area contributed by atoms with Crippen LogP contribution in [0.25, 0.3) is 33.2 Å². The van der Waals surface area contributed by atoms with E-state index in [1.807, 2.05) is 0 Å². The standard InChI is InChI=1S/C16H10F3N3O3.C16H12F3N3O/c1-9-20-12-6-3-7-13(22(24)25)14(12)15(23)21(9)11-5-2-4-10(8-11)16(17,18)19;1-9-21-13-7-3-6-12(20)14(13)15(23)22(9)11-5-2-4-10(8-11)16(17,18)19/h2-8H,1H3;2-8H,20H2,1H3. The van der Waals surface area contributed by atoms with Crippen molar-refractivity contribution in [2.75, 3.05) is 5.73 Å². The molecule has 0 aliphatic heterocycles. The van der Waals surface area contributed by atoms with E-state index in [-0.39, 0.29) is 45.0 Å². The molecule has 0 saturated heterocycles. The Morgan fingerprint density at radius 3 is 1.54 bits per heavy atom. The molecule has 2 aromatic heterocycles. The molecule has 4 aromatic carbocycles. The molecule has 0 aliphatic carbocycles. The number of non-ortho nitro benzene ring substituents is 1. The molecule has 2 N–H and O–H groups in total. The van der Waals surface area contributed by atoms with Crippen molar-refractivity contribution in [3.63, 3.8) is 0 Å². The number of nitrogens with zero attached hydrogens (tertiary/aromatic N) is 5. The number of aromatic nitrogens is 4. The lowest BCUT2D eigenvalue weighted by Crippen LogP contribution is -2.23. The van der Waals surface area contributed by atoms with Gasteiger partial charge < -0.3 is 5.73 Å². The summed E-state index contributed by atoms with van der Waals surface area (Å²) in [6.45, 7) is 3.00. The first-order valence-corrected chi connectivity index (χ1v) is 13.8. The fourth-order valence-electron chi connectivity index (χ4n) is 5.09. The third-order valence-electron chi connectivity index (χ3n) is 7.20. The number of hydrogen-bond donors (Lipinski definition) is 1. The van der Waals surface area contributed by atoms with Gasteiger partial charge in [-0.3, -0.25) is 28.8 Å². The predicted molar refractivity (Wildman–Crippen MR) is 165 cm³/mol. The van der Waals surface area contributed by atoms with Crippen LogP contribution in [0.15, 0.2) is 94.5 Å². The highest BCUT2D eigenvalue weighted by atomic mass is 19.4. The van der Waals surface area contributed by atoms with Gasteiger partial charge in [-0.15, -0.1) is 0 Å². The van der Waals surface area contributed by atoms with E-state index in [0.717, 1.165) is 45.5 Å². The second-order valence-corrected chi connectivity index (χ2v) is 10.4. The van der Waals surface area contributed by atoms with Crippen molar-refractivity contribution in [2.45, 2.75) is 26.2 Å². The number of aryl methyl sites for hydroxylation is 2. The fourth-order valence-corrected chi connectivity index (χ4v) is 5.09. The highest BCUT2D eigenvalue weighted by molar-refractivity contribution is 5.89.